The highest BCUT2D eigenvalue weighted by Gasteiger charge is 2.26. The van der Waals surface area contributed by atoms with Crippen molar-refractivity contribution in [3.05, 3.63) is 119 Å². The van der Waals surface area contributed by atoms with Crippen molar-refractivity contribution in [1.82, 2.24) is 39.9 Å². The van der Waals surface area contributed by atoms with Gasteiger partial charge in [-0.3, -0.25) is 0 Å². The summed E-state index contributed by atoms with van der Waals surface area (Å²) in [4.78, 5) is 51.1. The van der Waals surface area contributed by atoms with Gasteiger partial charge in [0.05, 0.1) is 12.7 Å². The van der Waals surface area contributed by atoms with Crippen LogP contribution in [0.1, 0.15) is 89.4 Å². The van der Waals surface area contributed by atoms with Crippen molar-refractivity contribution in [1.29, 1.82) is 0 Å². The van der Waals surface area contributed by atoms with E-state index in [-0.39, 0.29) is 22.2 Å². The highest BCUT2D eigenvalue weighted by Crippen LogP contribution is 2.41. The smallest absolute Gasteiger partial charge is 0.337 e. The maximum atomic E-state index is 12.2. The lowest BCUT2D eigenvalue weighted by Gasteiger charge is -2.19. The van der Waals surface area contributed by atoms with Gasteiger partial charge in [0.1, 0.15) is 22.6 Å². The van der Waals surface area contributed by atoms with Gasteiger partial charge >= 0.3 is 5.97 Å². The molecule has 8 bridgehead atoms. The van der Waals surface area contributed by atoms with Crippen LogP contribution in [0.25, 0.3) is 101 Å². The molecular formula is C52H48N8O2. The molecule has 0 fully saturated rings. The predicted octanol–water partition coefficient (Wildman–Crippen LogP) is 12.2. The van der Waals surface area contributed by atoms with Gasteiger partial charge in [-0.2, -0.15) is 0 Å². The van der Waals surface area contributed by atoms with Crippen LogP contribution in [0.4, 0.5) is 0 Å². The average Bonchev–Trinajstić information content (AvgIpc) is 3.97. The summed E-state index contributed by atoms with van der Waals surface area (Å²) in [6.07, 6.45) is 0. The molecule has 2 aliphatic rings. The Morgan fingerprint density at radius 3 is 1.27 bits per heavy atom. The Kier molecular flexibility index (Phi) is 8.65. The number of nitrogens with one attached hydrogen (secondary N) is 2. The summed E-state index contributed by atoms with van der Waals surface area (Å²) in [5.74, 6) is 1.81. The Morgan fingerprint density at radius 2 is 0.806 bits per heavy atom. The summed E-state index contributed by atoms with van der Waals surface area (Å²) >= 11 is 0. The molecule has 2 N–H and O–H groups in total. The van der Waals surface area contributed by atoms with Gasteiger partial charge in [0.15, 0.2) is 23.3 Å². The minimum atomic E-state index is -0.381. The van der Waals surface area contributed by atoms with E-state index < -0.39 is 0 Å². The molecule has 8 aromatic rings. The Balaban J connectivity index is 1.32. The van der Waals surface area contributed by atoms with E-state index in [2.05, 4.69) is 139 Å². The third-order valence-corrected chi connectivity index (χ3v) is 12.1. The first-order chi connectivity index (χ1) is 29.4. The number of esters is 1. The summed E-state index contributed by atoms with van der Waals surface area (Å²) in [6.45, 7) is 19.9. The van der Waals surface area contributed by atoms with Crippen LogP contribution in [0.2, 0.25) is 0 Å². The summed E-state index contributed by atoms with van der Waals surface area (Å²) in [6, 6.07) is 33.1. The van der Waals surface area contributed by atoms with Crippen LogP contribution < -0.4 is 0 Å². The molecular weight excluding hydrogens is 769 g/mol. The van der Waals surface area contributed by atoms with E-state index in [0.717, 1.165) is 54.9 Å². The number of methoxy groups -OCH3 is 1. The molecule has 0 aliphatic carbocycles. The normalized spacial score (nSPS) is 12.7. The van der Waals surface area contributed by atoms with Gasteiger partial charge in [-0.1, -0.05) is 117 Å². The molecule has 0 saturated heterocycles. The molecule has 3 aromatic heterocycles. The maximum Gasteiger partial charge on any atom is 0.337 e. The number of fused-ring (bicyclic) bond motifs is 20. The highest BCUT2D eigenvalue weighted by atomic mass is 16.5. The lowest BCUT2D eigenvalue weighted by atomic mass is 9.85. The molecule has 0 atom stereocenters. The maximum absolute atomic E-state index is 12.2. The molecule has 62 heavy (non-hydrogen) atoms. The molecule has 0 radical (unpaired) electrons. The minimum absolute atomic E-state index is 0.0941. The van der Waals surface area contributed by atoms with Gasteiger partial charge in [-0.25, -0.2) is 34.7 Å². The molecule has 0 spiro atoms. The van der Waals surface area contributed by atoms with Crippen LogP contribution in [0, 0.1) is 0 Å². The van der Waals surface area contributed by atoms with Crippen LogP contribution >= 0.6 is 0 Å². The van der Waals surface area contributed by atoms with Crippen molar-refractivity contribution in [3.8, 4) is 56.7 Å². The van der Waals surface area contributed by atoms with E-state index in [1.165, 1.54) is 23.8 Å². The van der Waals surface area contributed by atoms with E-state index in [4.69, 9.17) is 34.6 Å². The summed E-state index contributed by atoms with van der Waals surface area (Å²) in [5, 5.41) is 3.71. The van der Waals surface area contributed by atoms with Crippen molar-refractivity contribution < 1.29 is 9.53 Å². The number of aromatic amines is 2. The first-order valence-corrected chi connectivity index (χ1v) is 21.0. The summed E-state index contributed by atoms with van der Waals surface area (Å²) < 4.78 is 4.95. The molecule has 308 valence electrons. The number of carbonyl (C=O) groups is 1. The Labute approximate surface area is 360 Å². The van der Waals surface area contributed by atoms with E-state index in [9.17, 15) is 4.79 Å². The zero-order chi connectivity index (χ0) is 43.5. The second kappa shape index (κ2) is 13.7. The number of rotatable bonds is 2. The van der Waals surface area contributed by atoms with Crippen LogP contribution in [-0.2, 0) is 21.0 Å². The van der Waals surface area contributed by atoms with Gasteiger partial charge in [-0.05, 0) is 86.5 Å². The zero-order valence-corrected chi connectivity index (χ0v) is 36.7. The van der Waals surface area contributed by atoms with Gasteiger partial charge in [0.25, 0.3) is 0 Å². The van der Waals surface area contributed by atoms with Crippen molar-refractivity contribution >= 4 is 50.1 Å². The lowest BCUT2D eigenvalue weighted by molar-refractivity contribution is 0.0600. The number of hydrogen-bond acceptors (Lipinski definition) is 8. The number of aromatic nitrogens is 8. The molecule has 0 unspecified atom stereocenters. The van der Waals surface area contributed by atoms with Crippen molar-refractivity contribution in [2.24, 2.45) is 0 Å². The monoisotopic (exact) mass is 816 g/mol. The van der Waals surface area contributed by atoms with Gasteiger partial charge < -0.3 is 14.7 Å². The Hall–Kier alpha value is -7.07. The third kappa shape index (κ3) is 6.61. The predicted molar refractivity (Wildman–Crippen MR) is 249 cm³/mol. The quantitative estimate of drug-likeness (QED) is 0.165. The van der Waals surface area contributed by atoms with Gasteiger partial charge in [0, 0.05) is 43.8 Å². The number of benzene rings is 5. The standard InChI is InChI=1S/C52H48N8O2/c1-50(2,3)30-16-20-34-38(24-30)47-56-42(34)54-45-37-23-29(27-11-13-28(14-12-27)49(61)62-10)15-19-33(37)41(53-45)55-46-39-25-31(51(4,5)6)17-21-35(39)43(57-46)59-48-40-26-32(52(7,8)9)18-22-36(40)44(58-47)60-48/h11-26H,1-10H3,(H2,53,54,55,56,57,58,59,60). The first kappa shape index (κ1) is 39.1. The van der Waals surface area contributed by atoms with Crippen molar-refractivity contribution in [3.63, 3.8) is 0 Å². The number of H-pyrrole nitrogens is 2. The van der Waals surface area contributed by atoms with Crippen molar-refractivity contribution in [2.75, 3.05) is 7.11 Å². The first-order valence-electron chi connectivity index (χ1n) is 21.0. The van der Waals surface area contributed by atoms with Crippen molar-refractivity contribution in [2.45, 2.75) is 78.6 Å². The SMILES string of the molecule is COC(=O)c1ccc(-c2ccc3c(c2)-c2nc-3nc3[nH]c(nc4nc(nc5[nH]c(n2)c2ccc(C(C)(C)C)cc52)-c2ccc(C(C)(C)C)cc2-4)c2ccc(C(C)(C)C)cc32)cc1. The van der Waals surface area contributed by atoms with Crippen LogP contribution in [0.5, 0.6) is 0 Å². The fraction of sp³-hybridized carbons (Fsp3) is 0.250. The Bertz CT molecular complexity index is 3340. The molecule has 5 heterocycles. The number of ether oxygens (including phenoxy) is 1. The Morgan fingerprint density at radius 1 is 0.419 bits per heavy atom. The van der Waals surface area contributed by atoms with Crippen LogP contribution in [0.15, 0.2) is 97.1 Å². The summed E-state index contributed by atoms with van der Waals surface area (Å²) in [7, 11) is 1.38. The van der Waals surface area contributed by atoms with E-state index in [1.807, 2.05) is 18.2 Å². The number of hydrogen-bond donors (Lipinski definition) is 2. The fourth-order valence-electron chi connectivity index (χ4n) is 8.29. The molecule has 0 amide bonds. The van der Waals surface area contributed by atoms with Crippen LogP contribution in [0.3, 0.4) is 0 Å². The lowest BCUT2D eigenvalue weighted by Crippen LogP contribution is -2.10. The van der Waals surface area contributed by atoms with E-state index in [1.54, 1.807) is 12.1 Å². The highest BCUT2D eigenvalue weighted by molar-refractivity contribution is 6.07. The van der Waals surface area contributed by atoms with E-state index >= 15 is 0 Å². The molecule has 10 rings (SSSR count). The molecule has 10 nitrogen and oxygen atoms in total. The molecule has 2 aliphatic heterocycles. The number of nitrogens with zero attached hydrogens (tertiary/aromatic N) is 6. The fourth-order valence-corrected chi connectivity index (χ4v) is 8.29. The second-order valence-electron chi connectivity index (χ2n) is 19.5. The molecule has 10 heteroatoms. The van der Waals surface area contributed by atoms with Gasteiger partial charge in [0.2, 0.25) is 0 Å². The third-order valence-electron chi connectivity index (χ3n) is 12.1. The number of carbonyl (C=O) groups excluding carboxylic acids is 1. The summed E-state index contributed by atoms with van der Waals surface area (Å²) in [5.41, 5.74) is 11.7. The topological polar surface area (TPSA) is 135 Å². The minimum Gasteiger partial charge on any atom is -0.465 e. The average molecular weight is 817 g/mol. The van der Waals surface area contributed by atoms with E-state index in [0.29, 0.717) is 51.4 Å². The van der Waals surface area contributed by atoms with Crippen LogP contribution in [-0.4, -0.2) is 53.0 Å². The zero-order valence-electron chi connectivity index (χ0n) is 36.7. The molecule has 5 aromatic carbocycles. The molecule has 0 saturated carbocycles. The van der Waals surface area contributed by atoms with Gasteiger partial charge in [-0.15, -0.1) is 0 Å². The second-order valence-corrected chi connectivity index (χ2v) is 19.5. The largest absolute Gasteiger partial charge is 0.465 e.